The molecule has 2 rings (SSSR count). The maximum absolute atomic E-state index is 6.35. The Morgan fingerprint density at radius 3 is 2.57 bits per heavy atom. The molecule has 3 nitrogen and oxygen atoms in total. The first-order chi connectivity index (χ1) is 10.1. The quantitative estimate of drug-likeness (QED) is 0.859. The summed E-state index contributed by atoms with van der Waals surface area (Å²) >= 11 is 0. The average Bonchev–Trinajstić information content (AvgIpc) is 2.54. The molecule has 0 aliphatic heterocycles. The van der Waals surface area contributed by atoms with Crippen molar-refractivity contribution in [3.05, 3.63) is 29.8 Å². The Hall–Kier alpha value is -1.06. The highest BCUT2D eigenvalue weighted by molar-refractivity contribution is 5.29. The van der Waals surface area contributed by atoms with E-state index in [1.165, 1.54) is 32.1 Å². The van der Waals surface area contributed by atoms with Crippen molar-refractivity contribution in [3.8, 4) is 5.75 Å². The van der Waals surface area contributed by atoms with Crippen molar-refractivity contribution in [2.45, 2.75) is 64.2 Å². The number of methoxy groups -OCH3 is 1. The lowest BCUT2D eigenvalue weighted by Crippen LogP contribution is -2.33. The first-order valence-electron chi connectivity index (χ1n) is 8.19. The van der Waals surface area contributed by atoms with E-state index in [1.807, 2.05) is 24.3 Å². The zero-order valence-electron chi connectivity index (χ0n) is 13.5. The van der Waals surface area contributed by atoms with E-state index in [9.17, 15) is 0 Å². The third-order valence-corrected chi connectivity index (χ3v) is 4.73. The van der Waals surface area contributed by atoms with Gasteiger partial charge in [0.25, 0.3) is 0 Å². The van der Waals surface area contributed by atoms with Crippen LogP contribution in [0.1, 0.15) is 57.6 Å². The summed E-state index contributed by atoms with van der Waals surface area (Å²) < 4.78 is 11.4. The highest BCUT2D eigenvalue weighted by Gasteiger charge is 2.25. The Labute approximate surface area is 128 Å². The molecule has 118 valence electrons. The van der Waals surface area contributed by atoms with Gasteiger partial charge in [0.2, 0.25) is 0 Å². The van der Waals surface area contributed by atoms with Gasteiger partial charge < -0.3 is 15.2 Å². The van der Waals surface area contributed by atoms with E-state index in [1.54, 1.807) is 7.11 Å². The molecule has 0 bridgehead atoms. The summed E-state index contributed by atoms with van der Waals surface area (Å²) in [6, 6.07) is 7.88. The summed E-state index contributed by atoms with van der Waals surface area (Å²) in [5, 5.41) is 0. The fourth-order valence-corrected chi connectivity index (χ4v) is 3.22. The van der Waals surface area contributed by atoms with Crippen LogP contribution in [0.3, 0.4) is 0 Å². The number of hydrogen-bond acceptors (Lipinski definition) is 3. The van der Waals surface area contributed by atoms with Gasteiger partial charge in [-0.15, -0.1) is 0 Å². The van der Waals surface area contributed by atoms with E-state index in [0.717, 1.165) is 17.2 Å². The molecule has 4 unspecified atom stereocenters. The summed E-state index contributed by atoms with van der Waals surface area (Å²) in [5.41, 5.74) is 7.45. The third kappa shape index (κ3) is 4.45. The first kappa shape index (κ1) is 16.3. The zero-order chi connectivity index (χ0) is 15.2. The number of nitrogens with two attached hydrogens (primary N) is 1. The molecule has 1 aliphatic carbocycles. The number of benzene rings is 1. The minimum atomic E-state index is -0.0853. The van der Waals surface area contributed by atoms with Gasteiger partial charge in [-0.2, -0.15) is 0 Å². The Balaban J connectivity index is 1.90. The van der Waals surface area contributed by atoms with Crippen LogP contribution in [0.5, 0.6) is 5.75 Å². The molecule has 0 saturated heterocycles. The highest BCUT2D eigenvalue weighted by Crippen LogP contribution is 2.30. The van der Waals surface area contributed by atoms with Crippen LogP contribution >= 0.6 is 0 Å². The van der Waals surface area contributed by atoms with Gasteiger partial charge in [-0.1, -0.05) is 38.3 Å². The van der Waals surface area contributed by atoms with Gasteiger partial charge in [0.15, 0.2) is 0 Å². The number of hydrogen-bond donors (Lipinski definition) is 1. The number of rotatable bonds is 6. The van der Waals surface area contributed by atoms with Gasteiger partial charge >= 0.3 is 0 Å². The Kier molecular flexibility index (Phi) is 6.07. The standard InChI is InChI=1S/C18H29NO2/c1-4-14-6-5-7-17(12-14)21-13(2)18(19)15-8-10-16(20-3)11-9-15/h8-11,13-14,17-18H,4-7,12,19H2,1-3H3. The lowest BCUT2D eigenvalue weighted by molar-refractivity contribution is -0.0430. The van der Waals surface area contributed by atoms with Crippen molar-refractivity contribution < 1.29 is 9.47 Å². The second-order valence-corrected chi connectivity index (χ2v) is 6.20. The molecular weight excluding hydrogens is 262 g/mol. The largest absolute Gasteiger partial charge is 0.497 e. The minimum absolute atomic E-state index is 0.0407. The molecule has 2 N–H and O–H groups in total. The third-order valence-electron chi connectivity index (χ3n) is 4.73. The van der Waals surface area contributed by atoms with Crippen molar-refractivity contribution in [3.63, 3.8) is 0 Å². The predicted molar refractivity (Wildman–Crippen MR) is 86.5 cm³/mol. The van der Waals surface area contributed by atoms with Crippen LogP contribution < -0.4 is 10.5 Å². The van der Waals surface area contributed by atoms with E-state index < -0.39 is 0 Å². The van der Waals surface area contributed by atoms with E-state index in [-0.39, 0.29) is 12.1 Å². The maximum atomic E-state index is 6.35. The van der Waals surface area contributed by atoms with Crippen molar-refractivity contribution in [1.29, 1.82) is 0 Å². The van der Waals surface area contributed by atoms with Crippen LogP contribution in [0, 0.1) is 5.92 Å². The Morgan fingerprint density at radius 2 is 1.95 bits per heavy atom. The summed E-state index contributed by atoms with van der Waals surface area (Å²) in [7, 11) is 1.67. The van der Waals surface area contributed by atoms with E-state index >= 15 is 0 Å². The van der Waals surface area contributed by atoms with Crippen LogP contribution in [0.25, 0.3) is 0 Å². The number of ether oxygens (including phenoxy) is 2. The van der Waals surface area contributed by atoms with Crippen molar-refractivity contribution >= 4 is 0 Å². The topological polar surface area (TPSA) is 44.5 Å². The summed E-state index contributed by atoms with van der Waals surface area (Å²) in [6.45, 7) is 4.37. The van der Waals surface area contributed by atoms with Gasteiger partial charge in [-0.25, -0.2) is 0 Å². The van der Waals surface area contributed by atoms with Crippen LogP contribution in [-0.4, -0.2) is 19.3 Å². The van der Waals surface area contributed by atoms with Crippen LogP contribution in [-0.2, 0) is 4.74 Å². The molecule has 0 spiro atoms. The van der Waals surface area contributed by atoms with E-state index in [2.05, 4.69) is 13.8 Å². The first-order valence-corrected chi connectivity index (χ1v) is 8.19. The normalized spacial score (nSPS) is 25.3. The summed E-state index contributed by atoms with van der Waals surface area (Å²) in [6.07, 6.45) is 6.69. The Morgan fingerprint density at radius 1 is 1.24 bits per heavy atom. The molecule has 3 heteroatoms. The molecule has 4 atom stereocenters. The fraction of sp³-hybridized carbons (Fsp3) is 0.667. The molecule has 1 aliphatic rings. The van der Waals surface area contributed by atoms with Crippen LogP contribution in [0.4, 0.5) is 0 Å². The maximum Gasteiger partial charge on any atom is 0.118 e. The molecule has 1 fully saturated rings. The second-order valence-electron chi connectivity index (χ2n) is 6.20. The van der Waals surface area contributed by atoms with Gasteiger partial charge in [-0.3, -0.25) is 0 Å². The van der Waals surface area contributed by atoms with Crippen LogP contribution in [0.15, 0.2) is 24.3 Å². The van der Waals surface area contributed by atoms with Crippen molar-refractivity contribution in [2.24, 2.45) is 11.7 Å². The minimum Gasteiger partial charge on any atom is -0.497 e. The average molecular weight is 291 g/mol. The summed E-state index contributed by atoms with van der Waals surface area (Å²) in [5.74, 6) is 1.69. The Bertz CT molecular complexity index is 418. The molecule has 1 saturated carbocycles. The molecule has 0 heterocycles. The van der Waals surface area contributed by atoms with Gasteiger partial charge in [0.1, 0.15) is 5.75 Å². The molecule has 1 aromatic carbocycles. The predicted octanol–water partition coefficient (Wildman–Crippen LogP) is 4.07. The van der Waals surface area contributed by atoms with E-state index in [4.69, 9.17) is 15.2 Å². The molecule has 1 aromatic rings. The smallest absolute Gasteiger partial charge is 0.118 e. The SMILES string of the molecule is CCC1CCCC(OC(C)C(N)c2ccc(OC)cc2)C1. The molecule has 0 aromatic heterocycles. The fourth-order valence-electron chi connectivity index (χ4n) is 3.22. The van der Waals surface area contributed by atoms with Gasteiger partial charge in [0.05, 0.1) is 25.4 Å². The van der Waals surface area contributed by atoms with E-state index in [0.29, 0.717) is 6.10 Å². The van der Waals surface area contributed by atoms with Gasteiger partial charge in [-0.05, 0) is 43.4 Å². The molecular formula is C18H29NO2. The highest BCUT2D eigenvalue weighted by atomic mass is 16.5. The summed E-state index contributed by atoms with van der Waals surface area (Å²) in [4.78, 5) is 0. The second kappa shape index (κ2) is 7.81. The lowest BCUT2D eigenvalue weighted by Gasteiger charge is -2.32. The molecule has 0 amide bonds. The molecule has 21 heavy (non-hydrogen) atoms. The molecule has 0 radical (unpaired) electrons. The zero-order valence-corrected chi connectivity index (χ0v) is 13.5. The lowest BCUT2D eigenvalue weighted by atomic mass is 9.85. The van der Waals surface area contributed by atoms with Gasteiger partial charge in [0, 0.05) is 0 Å². The van der Waals surface area contributed by atoms with Crippen molar-refractivity contribution in [1.82, 2.24) is 0 Å². The van der Waals surface area contributed by atoms with Crippen LogP contribution in [0.2, 0.25) is 0 Å². The monoisotopic (exact) mass is 291 g/mol. The van der Waals surface area contributed by atoms with Crippen molar-refractivity contribution in [2.75, 3.05) is 7.11 Å².